The summed E-state index contributed by atoms with van der Waals surface area (Å²) < 4.78 is 0. The van der Waals surface area contributed by atoms with Crippen molar-refractivity contribution < 1.29 is 9.59 Å². The number of anilines is 2. The standard InChI is InChI=1S/C26H24N2O2/c1-16-10-13-22(19(4)14-16)23-24(27-20-12-11-17(2)18(3)15-20)26(30)28(25(23)29)21-8-6-5-7-9-21/h5-15,27H,1-4H3. The monoisotopic (exact) mass is 396 g/mol. The van der Waals surface area contributed by atoms with Crippen molar-refractivity contribution in [3.63, 3.8) is 0 Å². The van der Waals surface area contributed by atoms with Gasteiger partial charge < -0.3 is 5.32 Å². The highest BCUT2D eigenvalue weighted by molar-refractivity contribution is 6.46. The lowest BCUT2D eigenvalue weighted by Crippen LogP contribution is -2.32. The number of benzene rings is 3. The molecule has 0 atom stereocenters. The van der Waals surface area contributed by atoms with Gasteiger partial charge in [0.25, 0.3) is 11.8 Å². The number of rotatable bonds is 4. The Hall–Kier alpha value is -3.66. The van der Waals surface area contributed by atoms with Gasteiger partial charge in [-0.05, 0) is 74.2 Å². The van der Waals surface area contributed by atoms with Crippen molar-refractivity contribution in [3.8, 4) is 0 Å². The van der Waals surface area contributed by atoms with E-state index in [1.807, 2.05) is 82.3 Å². The van der Waals surface area contributed by atoms with E-state index in [9.17, 15) is 9.59 Å². The summed E-state index contributed by atoms with van der Waals surface area (Å²) in [5.74, 6) is -0.663. The maximum Gasteiger partial charge on any atom is 0.282 e. The molecular weight excluding hydrogens is 372 g/mol. The smallest absolute Gasteiger partial charge is 0.282 e. The third-order valence-corrected chi connectivity index (χ3v) is 5.53. The van der Waals surface area contributed by atoms with Gasteiger partial charge in [0.15, 0.2) is 0 Å². The number of nitrogens with one attached hydrogen (secondary N) is 1. The number of hydrogen-bond donors (Lipinski definition) is 1. The van der Waals surface area contributed by atoms with Gasteiger partial charge in [-0.15, -0.1) is 0 Å². The van der Waals surface area contributed by atoms with Gasteiger partial charge in [-0.2, -0.15) is 0 Å². The highest BCUT2D eigenvalue weighted by Gasteiger charge is 2.40. The molecule has 3 aromatic rings. The molecule has 4 heteroatoms. The number of amides is 2. The Morgan fingerprint density at radius 1 is 0.700 bits per heavy atom. The van der Waals surface area contributed by atoms with Crippen molar-refractivity contribution in [2.24, 2.45) is 0 Å². The van der Waals surface area contributed by atoms with Crippen LogP contribution in [0.25, 0.3) is 5.57 Å². The fourth-order valence-electron chi connectivity index (χ4n) is 3.76. The first-order valence-electron chi connectivity index (χ1n) is 9.97. The van der Waals surface area contributed by atoms with Crippen molar-refractivity contribution in [1.82, 2.24) is 0 Å². The molecule has 0 radical (unpaired) electrons. The van der Waals surface area contributed by atoms with E-state index in [1.165, 1.54) is 10.5 Å². The topological polar surface area (TPSA) is 49.4 Å². The lowest BCUT2D eigenvalue weighted by Gasteiger charge is -2.15. The molecule has 4 rings (SSSR count). The van der Waals surface area contributed by atoms with Crippen LogP contribution >= 0.6 is 0 Å². The number of para-hydroxylation sites is 1. The van der Waals surface area contributed by atoms with Gasteiger partial charge >= 0.3 is 0 Å². The minimum atomic E-state index is -0.348. The van der Waals surface area contributed by atoms with E-state index in [2.05, 4.69) is 5.32 Å². The Labute approximate surface area is 176 Å². The van der Waals surface area contributed by atoms with E-state index in [1.54, 1.807) is 12.1 Å². The zero-order valence-corrected chi connectivity index (χ0v) is 17.6. The molecular formula is C26H24N2O2. The Kier molecular flexibility index (Phi) is 5.00. The molecule has 1 N–H and O–H groups in total. The molecule has 0 unspecified atom stereocenters. The van der Waals surface area contributed by atoms with E-state index in [4.69, 9.17) is 0 Å². The van der Waals surface area contributed by atoms with Gasteiger partial charge in [0.1, 0.15) is 5.70 Å². The van der Waals surface area contributed by atoms with Gasteiger partial charge in [-0.25, -0.2) is 4.90 Å². The van der Waals surface area contributed by atoms with Gasteiger partial charge in [-0.1, -0.05) is 48.0 Å². The first-order chi connectivity index (χ1) is 14.4. The Bertz CT molecular complexity index is 1190. The molecule has 0 fully saturated rings. The van der Waals surface area contributed by atoms with Crippen molar-refractivity contribution in [1.29, 1.82) is 0 Å². The minimum absolute atomic E-state index is 0.305. The van der Waals surface area contributed by atoms with E-state index >= 15 is 0 Å². The maximum atomic E-state index is 13.5. The number of carbonyl (C=O) groups is 2. The van der Waals surface area contributed by atoms with Gasteiger partial charge in [0, 0.05) is 5.69 Å². The van der Waals surface area contributed by atoms with Crippen LogP contribution in [-0.2, 0) is 9.59 Å². The molecule has 30 heavy (non-hydrogen) atoms. The summed E-state index contributed by atoms with van der Waals surface area (Å²) in [6, 6.07) is 20.9. The molecule has 0 aromatic heterocycles. The van der Waals surface area contributed by atoms with Crippen molar-refractivity contribution in [2.75, 3.05) is 10.2 Å². The van der Waals surface area contributed by atoms with Crippen LogP contribution < -0.4 is 10.2 Å². The van der Waals surface area contributed by atoms with Crippen molar-refractivity contribution in [2.45, 2.75) is 27.7 Å². The van der Waals surface area contributed by atoms with Gasteiger partial charge in [0.2, 0.25) is 0 Å². The first kappa shape index (κ1) is 19.6. The van der Waals surface area contributed by atoms with E-state index < -0.39 is 0 Å². The summed E-state index contributed by atoms with van der Waals surface area (Å²) in [7, 11) is 0. The molecule has 0 spiro atoms. The molecule has 150 valence electrons. The SMILES string of the molecule is Cc1ccc(C2=C(Nc3ccc(C)c(C)c3)C(=O)N(c3ccccc3)C2=O)c(C)c1. The average Bonchev–Trinajstić information content (AvgIpc) is 2.95. The molecule has 3 aromatic carbocycles. The maximum absolute atomic E-state index is 13.5. The van der Waals surface area contributed by atoms with Crippen LogP contribution in [0.4, 0.5) is 11.4 Å². The molecule has 4 nitrogen and oxygen atoms in total. The number of nitrogens with zero attached hydrogens (tertiary/aromatic N) is 1. The predicted octanol–water partition coefficient (Wildman–Crippen LogP) is 5.32. The van der Waals surface area contributed by atoms with Crippen LogP contribution in [-0.4, -0.2) is 11.8 Å². The molecule has 1 aliphatic heterocycles. The molecule has 0 aliphatic carbocycles. The van der Waals surface area contributed by atoms with E-state index in [-0.39, 0.29) is 11.8 Å². The number of aryl methyl sites for hydroxylation is 4. The fourth-order valence-corrected chi connectivity index (χ4v) is 3.76. The molecule has 0 bridgehead atoms. The minimum Gasteiger partial charge on any atom is -0.350 e. The van der Waals surface area contributed by atoms with Crippen molar-refractivity contribution in [3.05, 3.63) is 100 Å². The number of hydrogen-bond acceptors (Lipinski definition) is 3. The zero-order chi connectivity index (χ0) is 21.4. The van der Waals surface area contributed by atoms with E-state index in [0.717, 1.165) is 27.9 Å². The second kappa shape index (κ2) is 7.64. The molecule has 1 aliphatic rings. The van der Waals surface area contributed by atoms with Gasteiger partial charge in [-0.3, -0.25) is 9.59 Å². The zero-order valence-electron chi connectivity index (χ0n) is 17.6. The van der Waals surface area contributed by atoms with Crippen LogP contribution in [0, 0.1) is 27.7 Å². The first-order valence-corrected chi connectivity index (χ1v) is 9.97. The Balaban J connectivity index is 1.86. The summed E-state index contributed by atoms with van der Waals surface area (Å²) in [4.78, 5) is 28.2. The van der Waals surface area contributed by atoms with Crippen LogP contribution in [0.5, 0.6) is 0 Å². The highest BCUT2D eigenvalue weighted by atomic mass is 16.2. The molecule has 0 saturated heterocycles. The van der Waals surface area contributed by atoms with Crippen molar-refractivity contribution >= 4 is 28.8 Å². The number of imide groups is 1. The molecule has 0 saturated carbocycles. The van der Waals surface area contributed by atoms with Crippen LogP contribution in [0.2, 0.25) is 0 Å². The Morgan fingerprint density at radius 3 is 2.10 bits per heavy atom. The highest BCUT2D eigenvalue weighted by Crippen LogP contribution is 2.35. The lowest BCUT2D eigenvalue weighted by atomic mass is 9.97. The Morgan fingerprint density at radius 2 is 1.43 bits per heavy atom. The predicted molar refractivity (Wildman–Crippen MR) is 121 cm³/mol. The van der Waals surface area contributed by atoms with Crippen LogP contribution in [0.1, 0.15) is 27.8 Å². The largest absolute Gasteiger partial charge is 0.350 e. The average molecular weight is 396 g/mol. The summed E-state index contributed by atoms with van der Waals surface area (Å²) >= 11 is 0. The second-order valence-corrected chi connectivity index (χ2v) is 7.77. The third-order valence-electron chi connectivity index (χ3n) is 5.53. The second-order valence-electron chi connectivity index (χ2n) is 7.77. The van der Waals surface area contributed by atoms with Crippen LogP contribution in [0.15, 0.2) is 72.4 Å². The fraction of sp³-hybridized carbons (Fsp3) is 0.154. The summed E-state index contributed by atoms with van der Waals surface area (Å²) in [6.45, 7) is 8.04. The summed E-state index contributed by atoms with van der Waals surface area (Å²) in [5.41, 5.74) is 7.17. The van der Waals surface area contributed by atoms with Gasteiger partial charge in [0.05, 0.1) is 11.3 Å². The molecule has 1 heterocycles. The number of carbonyl (C=O) groups excluding carboxylic acids is 2. The summed E-state index contributed by atoms with van der Waals surface area (Å²) in [5, 5.41) is 3.25. The van der Waals surface area contributed by atoms with E-state index in [0.29, 0.717) is 17.0 Å². The lowest BCUT2D eigenvalue weighted by molar-refractivity contribution is -0.120. The quantitative estimate of drug-likeness (QED) is 0.608. The molecule has 2 amide bonds. The van der Waals surface area contributed by atoms with Crippen LogP contribution in [0.3, 0.4) is 0 Å². The normalized spacial score (nSPS) is 13.9. The summed E-state index contributed by atoms with van der Waals surface area (Å²) in [6.07, 6.45) is 0. The third kappa shape index (κ3) is 3.41.